The maximum Gasteiger partial charge on any atom is 0.280 e. The number of aromatic nitrogens is 2. The summed E-state index contributed by atoms with van der Waals surface area (Å²) < 4.78 is 39.7. The summed E-state index contributed by atoms with van der Waals surface area (Å²) in [4.78, 5) is 3.99. The van der Waals surface area contributed by atoms with Crippen molar-refractivity contribution in [1.29, 1.82) is 0 Å². The fourth-order valence-corrected chi connectivity index (χ4v) is 4.12. The molecule has 0 unspecified atom stereocenters. The van der Waals surface area contributed by atoms with Crippen molar-refractivity contribution in [3.63, 3.8) is 0 Å². The van der Waals surface area contributed by atoms with Crippen LogP contribution in [0.5, 0.6) is 0 Å². The second kappa shape index (κ2) is 6.42. The van der Waals surface area contributed by atoms with E-state index in [1.165, 1.54) is 4.31 Å². The number of nitrogens with zero attached hydrogens (tertiary/aromatic N) is 3. The Balaban J connectivity index is 1.72. The minimum absolute atomic E-state index is 0.00125. The highest BCUT2D eigenvalue weighted by Crippen LogP contribution is 2.34. The van der Waals surface area contributed by atoms with Gasteiger partial charge in [0, 0.05) is 19.9 Å². The molecule has 8 nitrogen and oxygen atoms in total. The van der Waals surface area contributed by atoms with Crippen molar-refractivity contribution in [3.05, 3.63) is 35.4 Å². The van der Waals surface area contributed by atoms with Crippen LogP contribution in [-0.2, 0) is 23.2 Å². The molecule has 1 aliphatic heterocycles. The van der Waals surface area contributed by atoms with Crippen LogP contribution in [0.3, 0.4) is 0 Å². The molecule has 0 aliphatic carbocycles. The van der Waals surface area contributed by atoms with Gasteiger partial charge < -0.3 is 8.94 Å². The summed E-state index contributed by atoms with van der Waals surface area (Å²) in [5.74, 6) is 2.27. The lowest BCUT2D eigenvalue weighted by atomic mass is 10.2. The third kappa shape index (κ3) is 3.46. The fraction of sp³-hybridized carbons (Fsp3) is 0.571. The first kappa shape index (κ1) is 16.2. The van der Waals surface area contributed by atoms with E-state index in [0.717, 1.165) is 25.0 Å². The molecule has 1 saturated heterocycles. The van der Waals surface area contributed by atoms with Crippen LogP contribution in [0.25, 0.3) is 0 Å². The van der Waals surface area contributed by atoms with Gasteiger partial charge in [0.2, 0.25) is 5.89 Å². The van der Waals surface area contributed by atoms with Gasteiger partial charge in [0.05, 0.1) is 12.6 Å². The van der Waals surface area contributed by atoms with Crippen LogP contribution in [0.1, 0.15) is 49.0 Å². The number of hydrogen-bond acceptors (Lipinski definition) is 6. The molecule has 1 aliphatic rings. The van der Waals surface area contributed by atoms with Gasteiger partial charge >= 0.3 is 0 Å². The second-order valence-corrected chi connectivity index (χ2v) is 7.19. The Kier molecular flexibility index (Phi) is 4.51. The lowest BCUT2D eigenvalue weighted by molar-refractivity contribution is 0.327. The Morgan fingerprint density at radius 1 is 1.43 bits per heavy atom. The van der Waals surface area contributed by atoms with E-state index in [4.69, 9.17) is 8.94 Å². The maximum absolute atomic E-state index is 12.6. The minimum Gasteiger partial charge on any atom is -0.464 e. The Labute approximate surface area is 135 Å². The van der Waals surface area contributed by atoms with Gasteiger partial charge in [-0.15, -0.1) is 0 Å². The van der Waals surface area contributed by atoms with E-state index in [1.807, 2.05) is 19.1 Å². The Hall–Kier alpha value is -1.71. The summed E-state index contributed by atoms with van der Waals surface area (Å²) >= 11 is 0. The van der Waals surface area contributed by atoms with Crippen LogP contribution >= 0.6 is 0 Å². The van der Waals surface area contributed by atoms with Crippen LogP contribution in [-0.4, -0.2) is 29.4 Å². The predicted molar refractivity (Wildman–Crippen MR) is 81.6 cm³/mol. The van der Waals surface area contributed by atoms with E-state index in [2.05, 4.69) is 14.9 Å². The van der Waals surface area contributed by atoms with Crippen molar-refractivity contribution in [2.45, 2.75) is 45.7 Å². The highest BCUT2D eigenvalue weighted by Gasteiger charge is 2.36. The topological polar surface area (TPSA) is 101 Å². The van der Waals surface area contributed by atoms with Gasteiger partial charge in [-0.3, -0.25) is 0 Å². The summed E-state index contributed by atoms with van der Waals surface area (Å²) in [5.41, 5.74) is 0. The van der Waals surface area contributed by atoms with Gasteiger partial charge in [-0.05, 0) is 25.0 Å². The minimum atomic E-state index is -3.64. The summed E-state index contributed by atoms with van der Waals surface area (Å²) in [6.45, 7) is 4.12. The van der Waals surface area contributed by atoms with Crippen molar-refractivity contribution in [3.8, 4) is 0 Å². The quantitative estimate of drug-likeness (QED) is 0.859. The standard InChI is InChI=1S/C14H20N4O4S/c1-3-11-6-7-13(21-11)12-5-4-8-18(12)23(19,20)15-9-14-16-10(2)22-17-14/h6-7,12,15H,3-5,8-9H2,1-2H3/t12-/m1/s1. The average Bonchev–Trinajstić information content (AvgIpc) is 3.24. The molecule has 0 saturated carbocycles. The predicted octanol–water partition coefficient (Wildman–Crippen LogP) is 1.70. The number of hydrogen-bond donors (Lipinski definition) is 1. The van der Waals surface area contributed by atoms with E-state index < -0.39 is 10.2 Å². The van der Waals surface area contributed by atoms with E-state index >= 15 is 0 Å². The van der Waals surface area contributed by atoms with Crippen molar-refractivity contribution in [1.82, 2.24) is 19.2 Å². The first-order valence-corrected chi connectivity index (χ1v) is 9.08. The molecule has 1 N–H and O–H groups in total. The maximum atomic E-state index is 12.6. The summed E-state index contributed by atoms with van der Waals surface area (Å²) in [6, 6.07) is 3.49. The zero-order chi connectivity index (χ0) is 16.4. The molecular weight excluding hydrogens is 320 g/mol. The van der Waals surface area contributed by atoms with E-state index in [9.17, 15) is 8.42 Å². The molecule has 0 bridgehead atoms. The molecule has 2 aromatic rings. The number of rotatable bonds is 6. The van der Waals surface area contributed by atoms with Crippen molar-refractivity contribution >= 4 is 10.2 Å². The molecule has 0 spiro atoms. The van der Waals surface area contributed by atoms with E-state index in [0.29, 0.717) is 24.0 Å². The molecule has 3 rings (SSSR count). The smallest absolute Gasteiger partial charge is 0.280 e. The molecule has 9 heteroatoms. The SMILES string of the molecule is CCc1ccc([C@H]2CCCN2S(=O)(=O)NCc2noc(C)n2)o1. The van der Waals surface area contributed by atoms with Crippen LogP contribution in [0.4, 0.5) is 0 Å². The second-order valence-electron chi connectivity index (χ2n) is 5.48. The molecule has 0 radical (unpaired) electrons. The van der Waals surface area contributed by atoms with Crippen molar-refractivity contribution in [2.75, 3.05) is 6.54 Å². The fourth-order valence-electron chi connectivity index (χ4n) is 2.73. The first-order valence-electron chi connectivity index (χ1n) is 7.64. The van der Waals surface area contributed by atoms with Crippen LogP contribution in [0, 0.1) is 6.92 Å². The van der Waals surface area contributed by atoms with Crippen molar-refractivity contribution in [2.24, 2.45) is 0 Å². The lowest BCUT2D eigenvalue weighted by Crippen LogP contribution is -2.40. The van der Waals surface area contributed by atoms with Gasteiger partial charge in [-0.1, -0.05) is 12.1 Å². The summed E-state index contributed by atoms with van der Waals surface area (Å²) in [7, 11) is -3.64. The van der Waals surface area contributed by atoms with E-state index in [-0.39, 0.29) is 12.6 Å². The molecule has 1 atom stereocenters. The number of nitrogens with one attached hydrogen (secondary N) is 1. The molecule has 23 heavy (non-hydrogen) atoms. The number of aryl methyl sites for hydroxylation is 2. The normalized spacial score (nSPS) is 19.5. The highest BCUT2D eigenvalue weighted by atomic mass is 32.2. The van der Waals surface area contributed by atoms with Gasteiger partial charge in [-0.25, -0.2) is 0 Å². The van der Waals surface area contributed by atoms with Gasteiger partial charge in [0.1, 0.15) is 11.5 Å². The molecule has 1 fully saturated rings. The molecule has 0 aromatic carbocycles. The van der Waals surface area contributed by atoms with Gasteiger partial charge in [0.25, 0.3) is 10.2 Å². The van der Waals surface area contributed by atoms with Crippen LogP contribution in [0.15, 0.2) is 21.1 Å². The summed E-state index contributed by atoms with van der Waals surface area (Å²) in [5, 5.41) is 3.69. The largest absolute Gasteiger partial charge is 0.464 e. The Morgan fingerprint density at radius 3 is 2.91 bits per heavy atom. The average molecular weight is 340 g/mol. The zero-order valence-electron chi connectivity index (χ0n) is 13.2. The van der Waals surface area contributed by atoms with Crippen LogP contribution in [0.2, 0.25) is 0 Å². The molecule has 126 valence electrons. The van der Waals surface area contributed by atoms with Gasteiger partial charge in [0.15, 0.2) is 5.82 Å². The van der Waals surface area contributed by atoms with Crippen molar-refractivity contribution < 1.29 is 17.4 Å². The molecule has 0 amide bonds. The first-order chi connectivity index (χ1) is 11.0. The lowest BCUT2D eigenvalue weighted by Gasteiger charge is -2.22. The van der Waals surface area contributed by atoms with Crippen LogP contribution < -0.4 is 4.72 Å². The monoisotopic (exact) mass is 340 g/mol. The zero-order valence-corrected chi connectivity index (χ0v) is 14.0. The highest BCUT2D eigenvalue weighted by molar-refractivity contribution is 7.87. The Morgan fingerprint density at radius 2 is 2.26 bits per heavy atom. The summed E-state index contributed by atoms with van der Waals surface area (Å²) in [6.07, 6.45) is 2.34. The third-order valence-corrected chi connectivity index (χ3v) is 5.42. The third-order valence-electron chi connectivity index (χ3n) is 3.85. The van der Waals surface area contributed by atoms with Gasteiger partial charge in [-0.2, -0.15) is 22.4 Å². The van der Waals surface area contributed by atoms with E-state index in [1.54, 1.807) is 6.92 Å². The molecular formula is C14H20N4O4S. The molecule has 3 heterocycles. The molecule has 2 aromatic heterocycles. The number of furan rings is 1. The Bertz CT molecular complexity index is 767.